The second kappa shape index (κ2) is 6.71. The number of nitrogens with one attached hydrogen (secondary N) is 2. The van der Waals surface area contributed by atoms with E-state index in [0.29, 0.717) is 0 Å². The monoisotopic (exact) mass is 333 g/mol. The van der Waals surface area contributed by atoms with Crippen molar-refractivity contribution in [1.82, 2.24) is 10.6 Å². The van der Waals surface area contributed by atoms with Gasteiger partial charge in [-0.3, -0.25) is 4.99 Å². The number of hydrogen-bond acceptors (Lipinski definition) is 2. The van der Waals surface area contributed by atoms with E-state index in [1.807, 2.05) is 19.2 Å². The molecule has 1 aromatic carbocycles. The zero-order valence-electron chi connectivity index (χ0n) is 12.6. The largest absolute Gasteiger partial charge is 0.356 e. The van der Waals surface area contributed by atoms with Crippen LogP contribution in [-0.4, -0.2) is 19.6 Å². The molecule has 0 amide bonds. The maximum atomic E-state index is 5.98. The first kappa shape index (κ1) is 15.4. The molecule has 116 valence electrons. The fourth-order valence-corrected chi connectivity index (χ4v) is 3.37. The summed E-state index contributed by atoms with van der Waals surface area (Å²) in [6, 6.07) is 10.3. The van der Waals surface area contributed by atoms with E-state index in [1.165, 1.54) is 24.0 Å². The third-order valence-electron chi connectivity index (χ3n) is 4.17. The van der Waals surface area contributed by atoms with Crippen LogP contribution in [0.1, 0.15) is 24.0 Å². The van der Waals surface area contributed by atoms with E-state index in [1.54, 1.807) is 11.3 Å². The second-order valence-electron chi connectivity index (χ2n) is 5.70. The molecule has 1 saturated carbocycles. The van der Waals surface area contributed by atoms with Gasteiger partial charge in [-0.2, -0.15) is 11.3 Å². The van der Waals surface area contributed by atoms with Crippen molar-refractivity contribution in [1.29, 1.82) is 0 Å². The summed E-state index contributed by atoms with van der Waals surface area (Å²) in [7, 11) is 1.81. The van der Waals surface area contributed by atoms with Crippen LogP contribution in [0.25, 0.3) is 0 Å². The summed E-state index contributed by atoms with van der Waals surface area (Å²) in [5.74, 6) is 0.853. The molecule has 0 saturated heterocycles. The molecule has 5 heteroatoms. The molecule has 2 N–H and O–H groups in total. The Morgan fingerprint density at radius 3 is 2.59 bits per heavy atom. The quantitative estimate of drug-likeness (QED) is 0.645. The van der Waals surface area contributed by atoms with Crippen molar-refractivity contribution >= 4 is 28.9 Å². The van der Waals surface area contributed by atoms with Gasteiger partial charge in [-0.05, 0) is 52.9 Å². The number of guanidine groups is 1. The van der Waals surface area contributed by atoms with Crippen molar-refractivity contribution in [2.75, 3.05) is 13.6 Å². The number of halogens is 1. The molecule has 0 bridgehead atoms. The summed E-state index contributed by atoms with van der Waals surface area (Å²) in [5, 5.41) is 11.8. The third-order valence-corrected chi connectivity index (χ3v) is 5.15. The van der Waals surface area contributed by atoms with Gasteiger partial charge in [-0.25, -0.2) is 0 Å². The van der Waals surface area contributed by atoms with E-state index in [2.05, 4.69) is 44.6 Å². The molecule has 1 fully saturated rings. The molecular formula is C17H20ClN3S. The van der Waals surface area contributed by atoms with Crippen LogP contribution >= 0.6 is 22.9 Å². The lowest BCUT2D eigenvalue weighted by atomic mass is 9.96. The summed E-state index contributed by atoms with van der Waals surface area (Å²) in [5.41, 5.74) is 2.88. The average molecular weight is 334 g/mol. The lowest BCUT2D eigenvalue weighted by Crippen LogP contribution is -2.40. The Bertz CT molecular complexity index is 630. The topological polar surface area (TPSA) is 36.4 Å². The molecule has 2 aromatic rings. The van der Waals surface area contributed by atoms with Crippen molar-refractivity contribution in [3.63, 3.8) is 0 Å². The summed E-state index contributed by atoms with van der Waals surface area (Å²) >= 11 is 7.69. The standard InChI is InChI=1S/C17H20ClN3S/c1-19-16(20-10-13-6-9-22-11-13)21-12-17(7-8-17)14-2-4-15(18)5-3-14/h2-6,9,11H,7-8,10,12H2,1H3,(H2,19,20,21). The van der Waals surface area contributed by atoms with Gasteiger partial charge in [0.05, 0.1) is 0 Å². The molecule has 3 nitrogen and oxygen atoms in total. The summed E-state index contributed by atoms with van der Waals surface area (Å²) in [6.45, 7) is 1.70. The van der Waals surface area contributed by atoms with E-state index < -0.39 is 0 Å². The van der Waals surface area contributed by atoms with E-state index in [9.17, 15) is 0 Å². The van der Waals surface area contributed by atoms with Crippen LogP contribution in [-0.2, 0) is 12.0 Å². The Kier molecular flexibility index (Phi) is 4.69. The van der Waals surface area contributed by atoms with Crippen LogP contribution in [0.15, 0.2) is 46.1 Å². The maximum Gasteiger partial charge on any atom is 0.191 e. The van der Waals surface area contributed by atoms with Gasteiger partial charge in [0.1, 0.15) is 0 Å². The fourth-order valence-electron chi connectivity index (χ4n) is 2.57. The molecular weight excluding hydrogens is 314 g/mol. The Hall–Kier alpha value is -1.52. The highest BCUT2D eigenvalue weighted by atomic mass is 35.5. The van der Waals surface area contributed by atoms with Crippen molar-refractivity contribution in [2.24, 2.45) is 4.99 Å². The highest BCUT2D eigenvalue weighted by molar-refractivity contribution is 7.07. The average Bonchev–Trinajstić information content (AvgIpc) is 3.14. The lowest BCUT2D eigenvalue weighted by molar-refractivity contribution is 0.646. The SMILES string of the molecule is CN=C(NCc1ccsc1)NCC1(c2ccc(Cl)cc2)CC1. The van der Waals surface area contributed by atoms with Gasteiger partial charge < -0.3 is 10.6 Å². The van der Waals surface area contributed by atoms with Gasteiger partial charge in [0.2, 0.25) is 0 Å². The van der Waals surface area contributed by atoms with E-state index in [-0.39, 0.29) is 5.41 Å². The minimum atomic E-state index is 0.241. The van der Waals surface area contributed by atoms with Crippen LogP contribution in [0.4, 0.5) is 0 Å². The molecule has 0 atom stereocenters. The Morgan fingerprint density at radius 1 is 1.23 bits per heavy atom. The van der Waals surface area contributed by atoms with Gasteiger partial charge >= 0.3 is 0 Å². The zero-order chi connectivity index (χ0) is 15.4. The zero-order valence-corrected chi connectivity index (χ0v) is 14.2. The molecule has 0 aliphatic heterocycles. The van der Waals surface area contributed by atoms with Crippen LogP contribution in [0.3, 0.4) is 0 Å². The fraction of sp³-hybridized carbons (Fsp3) is 0.353. The van der Waals surface area contributed by atoms with Crippen LogP contribution < -0.4 is 10.6 Å². The molecule has 22 heavy (non-hydrogen) atoms. The predicted octanol–water partition coefficient (Wildman–Crippen LogP) is 3.80. The normalized spacial score (nSPS) is 16.4. The Balaban J connectivity index is 1.55. The van der Waals surface area contributed by atoms with Crippen LogP contribution in [0.5, 0.6) is 0 Å². The molecule has 1 heterocycles. The predicted molar refractivity (Wildman–Crippen MR) is 94.9 cm³/mol. The Labute approximate surface area is 140 Å². The molecule has 0 unspecified atom stereocenters. The first-order valence-corrected chi connectivity index (χ1v) is 8.76. The minimum absolute atomic E-state index is 0.241. The molecule has 3 rings (SSSR count). The van der Waals surface area contributed by atoms with Crippen molar-refractivity contribution in [3.05, 3.63) is 57.2 Å². The summed E-state index contributed by atoms with van der Waals surface area (Å²) in [4.78, 5) is 4.30. The number of hydrogen-bond donors (Lipinski definition) is 2. The van der Waals surface area contributed by atoms with Gasteiger partial charge in [0.25, 0.3) is 0 Å². The number of rotatable bonds is 5. The first-order valence-electron chi connectivity index (χ1n) is 7.43. The van der Waals surface area contributed by atoms with E-state index in [0.717, 1.165) is 24.1 Å². The maximum absolute atomic E-state index is 5.98. The van der Waals surface area contributed by atoms with Crippen molar-refractivity contribution < 1.29 is 0 Å². The number of benzene rings is 1. The highest BCUT2D eigenvalue weighted by Crippen LogP contribution is 2.47. The number of thiophene rings is 1. The minimum Gasteiger partial charge on any atom is -0.356 e. The first-order chi connectivity index (χ1) is 10.7. The lowest BCUT2D eigenvalue weighted by Gasteiger charge is -2.19. The van der Waals surface area contributed by atoms with Crippen molar-refractivity contribution in [2.45, 2.75) is 24.8 Å². The van der Waals surface area contributed by atoms with Gasteiger partial charge in [-0.1, -0.05) is 23.7 Å². The molecule has 1 aromatic heterocycles. The number of nitrogens with zero attached hydrogens (tertiary/aromatic N) is 1. The molecule has 0 spiro atoms. The van der Waals surface area contributed by atoms with Gasteiger partial charge in [0.15, 0.2) is 5.96 Å². The van der Waals surface area contributed by atoms with Crippen molar-refractivity contribution in [3.8, 4) is 0 Å². The number of aliphatic imine (C=N–C) groups is 1. The van der Waals surface area contributed by atoms with Gasteiger partial charge in [-0.15, -0.1) is 0 Å². The highest BCUT2D eigenvalue weighted by Gasteiger charge is 2.44. The molecule has 1 aliphatic rings. The van der Waals surface area contributed by atoms with Crippen LogP contribution in [0, 0.1) is 0 Å². The van der Waals surface area contributed by atoms with Crippen LogP contribution in [0.2, 0.25) is 5.02 Å². The van der Waals surface area contributed by atoms with E-state index >= 15 is 0 Å². The summed E-state index contributed by atoms with van der Waals surface area (Å²) < 4.78 is 0. The second-order valence-corrected chi connectivity index (χ2v) is 6.91. The smallest absolute Gasteiger partial charge is 0.191 e. The van der Waals surface area contributed by atoms with Gasteiger partial charge in [0, 0.05) is 30.6 Å². The molecule has 0 radical (unpaired) electrons. The third kappa shape index (κ3) is 3.62. The summed E-state index contributed by atoms with van der Waals surface area (Å²) in [6.07, 6.45) is 2.42. The molecule has 1 aliphatic carbocycles. The Morgan fingerprint density at radius 2 is 2.00 bits per heavy atom. The van der Waals surface area contributed by atoms with E-state index in [4.69, 9.17) is 11.6 Å².